The Morgan fingerprint density at radius 3 is 2.77 bits per heavy atom. The van der Waals surface area contributed by atoms with Crippen molar-refractivity contribution >= 4 is 17.2 Å². The minimum absolute atomic E-state index is 0.154. The van der Waals surface area contributed by atoms with Gasteiger partial charge in [-0.3, -0.25) is 4.79 Å². The summed E-state index contributed by atoms with van der Waals surface area (Å²) in [5.41, 5.74) is 1.78. The number of aromatic nitrogens is 1. The Hall–Kier alpha value is -1.75. The van der Waals surface area contributed by atoms with Crippen molar-refractivity contribution < 1.29 is 9.18 Å². The molecular formula is C17H19FN2OS. The van der Waals surface area contributed by atoms with Gasteiger partial charge in [-0.1, -0.05) is 0 Å². The van der Waals surface area contributed by atoms with Gasteiger partial charge < -0.3 is 5.32 Å². The highest BCUT2D eigenvalue weighted by Crippen LogP contribution is 2.27. The second-order valence-corrected chi connectivity index (χ2v) is 6.72. The number of halogens is 1. The zero-order chi connectivity index (χ0) is 15.4. The van der Waals surface area contributed by atoms with E-state index in [0.29, 0.717) is 12.1 Å². The highest BCUT2D eigenvalue weighted by molar-refractivity contribution is 7.11. The summed E-state index contributed by atoms with van der Waals surface area (Å²) >= 11 is 1.83. The summed E-state index contributed by atoms with van der Waals surface area (Å²) in [6.45, 7) is 0.612. The van der Waals surface area contributed by atoms with Crippen molar-refractivity contribution in [3.8, 4) is 0 Å². The molecule has 1 N–H and O–H groups in total. The Morgan fingerprint density at radius 1 is 1.23 bits per heavy atom. The smallest absolute Gasteiger partial charge is 0.251 e. The van der Waals surface area contributed by atoms with Crippen LogP contribution in [0.5, 0.6) is 0 Å². The van der Waals surface area contributed by atoms with E-state index in [1.165, 1.54) is 59.1 Å². The molecule has 1 heterocycles. The molecule has 0 saturated heterocycles. The molecule has 0 aliphatic heterocycles. The maximum absolute atomic E-state index is 12.8. The van der Waals surface area contributed by atoms with Gasteiger partial charge in [0.1, 0.15) is 5.82 Å². The molecule has 0 saturated carbocycles. The van der Waals surface area contributed by atoms with E-state index in [1.807, 2.05) is 11.3 Å². The predicted octanol–water partition coefficient (Wildman–Crippen LogP) is 3.52. The third-order valence-corrected chi connectivity index (χ3v) is 5.07. The van der Waals surface area contributed by atoms with Crippen molar-refractivity contribution in [2.45, 2.75) is 38.5 Å². The van der Waals surface area contributed by atoms with Crippen LogP contribution >= 0.6 is 11.3 Å². The normalized spacial score (nSPS) is 13.7. The molecule has 116 valence electrons. The zero-order valence-corrected chi connectivity index (χ0v) is 13.2. The lowest BCUT2D eigenvalue weighted by Crippen LogP contribution is -2.24. The fraction of sp³-hybridized carbons (Fsp3) is 0.412. The SMILES string of the molecule is O=C(NCCCc1nc2c(s1)CCCC2)c1ccc(F)cc1. The zero-order valence-electron chi connectivity index (χ0n) is 12.4. The number of aryl methyl sites for hydroxylation is 3. The van der Waals surface area contributed by atoms with Crippen molar-refractivity contribution in [1.82, 2.24) is 10.3 Å². The molecule has 1 aliphatic rings. The Balaban J connectivity index is 1.44. The first kappa shape index (κ1) is 15.2. The van der Waals surface area contributed by atoms with Crippen LogP contribution in [0.25, 0.3) is 0 Å². The molecule has 5 heteroatoms. The molecule has 0 spiro atoms. The van der Waals surface area contributed by atoms with Crippen LogP contribution in [0.2, 0.25) is 0 Å². The average molecular weight is 318 g/mol. The molecule has 3 nitrogen and oxygen atoms in total. The second-order valence-electron chi connectivity index (χ2n) is 5.55. The van der Waals surface area contributed by atoms with Crippen LogP contribution in [-0.4, -0.2) is 17.4 Å². The van der Waals surface area contributed by atoms with Crippen LogP contribution in [0.4, 0.5) is 4.39 Å². The van der Waals surface area contributed by atoms with Crippen LogP contribution in [-0.2, 0) is 19.3 Å². The summed E-state index contributed by atoms with van der Waals surface area (Å²) < 4.78 is 12.8. The summed E-state index contributed by atoms with van der Waals surface area (Å²) in [6, 6.07) is 5.60. The second kappa shape index (κ2) is 7.01. The molecule has 1 aromatic heterocycles. The summed E-state index contributed by atoms with van der Waals surface area (Å²) in [5.74, 6) is -0.484. The maximum Gasteiger partial charge on any atom is 0.251 e. The van der Waals surface area contributed by atoms with E-state index >= 15 is 0 Å². The Kier molecular flexibility index (Phi) is 4.83. The number of rotatable bonds is 5. The lowest BCUT2D eigenvalue weighted by molar-refractivity contribution is 0.0953. The van der Waals surface area contributed by atoms with Gasteiger partial charge in [0.15, 0.2) is 0 Å². The lowest BCUT2D eigenvalue weighted by Gasteiger charge is -2.06. The Bertz CT molecular complexity index is 628. The fourth-order valence-corrected chi connectivity index (χ4v) is 3.86. The summed E-state index contributed by atoms with van der Waals surface area (Å²) in [6.07, 6.45) is 6.61. The number of nitrogens with one attached hydrogen (secondary N) is 1. The average Bonchev–Trinajstić information content (AvgIpc) is 2.95. The van der Waals surface area contributed by atoms with Crippen molar-refractivity contribution in [2.24, 2.45) is 0 Å². The van der Waals surface area contributed by atoms with Crippen LogP contribution in [0.15, 0.2) is 24.3 Å². The Labute approximate surface area is 133 Å². The Morgan fingerprint density at radius 2 is 2.00 bits per heavy atom. The molecule has 1 amide bonds. The monoisotopic (exact) mass is 318 g/mol. The molecule has 3 rings (SSSR count). The third-order valence-electron chi connectivity index (χ3n) is 3.85. The van der Waals surface area contributed by atoms with Crippen LogP contribution in [0, 0.1) is 5.82 Å². The van der Waals surface area contributed by atoms with Gasteiger partial charge in [0, 0.05) is 23.4 Å². The molecule has 1 aliphatic carbocycles. The van der Waals surface area contributed by atoms with Gasteiger partial charge in [0.25, 0.3) is 5.91 Å². The molecule has 0 fully saturated rings. The van der Waals surface area contributed by atoms with Gasteiger partial charge in [-0.25, -0.2) is 9.37 Å². The van der Waals surface area contributed by atoms with E-state index in [-0.39, 0.29) is 11.7 Å². The van der Waals surface area contributed by atoms with E-state index in [1.54, 1.807) is 0 Å². The van der Waals surface area contributed by atoms with Gasteiger partial charge in [-0.15, -0.1) is 11.3 Å². The van der Waals surface area contributed by atoms with E-state index in [9.17, 15) is 9.18 Å². The lowest BCUT2D eigenvalue weighted by atomic mass is 10.0. The van der Waals surface area contributed by atoms with E-state index < -0.39 is 0 Å². The van der Waals surface area contributed by atoms with Gasteiger partial charge in [0.05, 0.1) is 10.7 Å². The summed E-state index contributed by atoms with van der Waals surface area (Å²) in [4.78, 5) is 18.0. The predicted molar refractivity (Wildman–Crippen MR) is 85.8 cm³/mol. The van der Waals surface area contributed by atoms with E-state index in [2.05, 4.69) is 5.32 Å². The number of fused-ring (bicyclic) bond motifs is 1. The van der Waals surface area contributed by atoms with Gasteiger partial charge in [-0.05, 0) is 56.4 Å². The first-order chi connectivity index (χ1) is 10.7. The van der Waals surface area contributed by atoms with Gasteiger partial charge >= 0.3 is 0 Å². The standard InChI is InChI=1S/C17H19FN2OS/c18-13-9-7-12(8-10-13)17(21)19-11-3-6-16-20-14-4-1-2-5-15(14)22-16/h7-10H,1-6,11H2,(H,19,21). The highest BCUT2D eigenvalue weighted by atomic mass is 32.1. The van der Waals surface area contributed by atoms with Crippen molar-refractivity contribution in [3.05, 3.63) is 51.2 Å². The number of benzene rings is 1. The van der Waals surface area contributed by atoms with Gasteiger partial charge in [0.2, 0.25) is 0 Å². The molecule has 1 aromatic carbocycles. The number of carbonyl (C=O) groups excluding carboxylic acids is 1. The number of hydrogen-bond acceptors (Lipinski definition) is 3. The van der Waals surface area contributed by atoms with Crippen LogP contribution in [0.1, 0.15) is 45.2 Å². The van der Waals surface area contributed by atoms with E-state index in [4.69, 9.17) is 4.98 Å². The largest absolute Gasteiger partial charge is 0.352 e. The molecular weight excluding hydrogens is 299 g/mol. The van der Waals surface area contributed by atoms with Crippen molar-refractivity contribution in [1.29, 1.82) is 0 Å². The summed E-state index contributed by atoms with van der Waals surface area (Å²) in [7, 11) is 0. The molecule has 0 radical (unpaired) electrons. The van der Waals surface area contributed by atoms with E-state index in [0.717, 1.165) is 19.3 Å². The van der Waals surface area contributed by atoms with Crippen molar-refractivity contribution in [3.63, 3.8) is 0 Å². The first-order valence-electron chi connectivity index (χ1n) is 7.73. The topological polar surface area (TPSA) is 42.0 Å². The molecule has 0 bridgehead atoms. The minimum atomic E-state index is -0.329. The molecule has 0 unspecified atom stereocenters. The molecule has 2 aromatic rings. The van der Waals surface area contributed by atoms with Gasteiger partial charge in [-0.2, -0.15) is 0 Å². The number of nitrogens with zero attached hydrogens (tertiary/aromatic N) is 1. The fourth-order valence-electron chi connectivity index (χ4n) is 2.66. The third kappa shape index (κ3) is 3.71. The number of amides is 1. The maximum atomic E-state index is 12.8. The molecule has 0 atom stereocenters. The molecule has 22 heavy (non-hydrogen) atoms. The highest BCUT2D eigenvalue weighted by Gasteiger charge is 2.14. The number of carbonyl (C=O) groups is 1. The number of thiazole rings is 1. The van der Waals surface area contributed by atoms with Crippen LogP contribution < -0.4 is 5.32 Å². The summed E-state index contributed by atoms with van der Waals surface area (Å²) in [5, 5.41) is 4.05. The van der Waals surface area contributed by atoms with Crippen LogP contribution in [0.3, 0.4) is 0 Å². The number of hydrogen-bond donors (Lipinski definition) is 1. The van der Waals surface area contributed by atoms with Crippen molar-refractivity contribution in [2.75, 3.05) is 6.54 Å². The quantitative estimate of drug-likeness (QED) is 0.857. The minimum Gasteiger partial charge on any atom is -0.352 e. The first-order valence-corrected chi connectivity index (χ1v) is 8.55.